The molecule has 100 valence electrons. The van der Waals surface area contributed by atoms with Crippen molar-refractivity contribution in [3.05, 3.63) is 65.5 Å². The zero-order chi connectivity index (χ0) is 13.4. The fraction of sp³-hybridized carbons (Fsp3) is 0.294. The molecule has 20 heavy (non-hydrogen) atoms. The Balaban J connectivity index is 1.74. The molecule has 0 radical (unpaired) electrons. The molecule has 0 saturated heterocycles. The van der Waals surface area contributed by atoms with Crippen LogP contribution in [0.15, 0.2) is 53.9 Å². The summed E-state index contributed by atoms with van der Waals surface area (Å²) >= 11 is 0. The number of fused-ring (bicyclic) bond motifs is 3. The summed E-state index contributed by atoms with van der Waals surface area (Å²) in [5, 5.41) is 4.66. The van der Waals surface area contributed by atoms with E-state index in [1.165, 1.54) is 35.2 Å². The summed E-state index contributed by atoms with van der Waals surface area (Å²) in [6.07, 6.45) is 7.30. The molecule has 1 aliphatic carbocycles. The van der Waals surface area contributed by atoms with Gasteiger partial charge in [-0.3, -0.25) is 4.98 Å². The van der Waals surface area contributed by atoms with E-state index >= 15 is 0 Å². The molecule has 4 rings (SSSR count). The molecule has 2 aromatic rings. The number of nitrogens with one attached hydrogen (secondary N) is 1. The third-order valence-electron chi connectivity index (χ3n) is 4.40. The second kappa shape index (κ2) is 4.75. The van der Waals surface area contributed by atoms with Crippen LogP contribution in [-0.4, -0.2) is 10.7 Å². The zero-order valence-corrected chi connectivity index (χ0v) is 11.3. The van der Waals surface area contributed by atoms with Crippen molar-refractivity contribution in [1.29, 1.82) is 0 Å². The third kappa shape index (κ3) is 1.82. The molecular formula is C17H17N3. The van der Waals surface area contributed by atoms with Crippen molar-refractivity contribution in [2.24, 2.45) is 11.0 Å². The number of rotatable bonds is 1. The number of pyridine rings is 1. The van der Waals surface area contributed by atoms with Crippen molar-refractivity contribution in [2.45, 2.75) is 25.3 Å². The largest absolute Gasteiger partial charge is 0.302 e. The molecule has 1 aliphatic heterocycles. The summed E-state index contributed by atoms with van der Waals surface area (Å²) in [5.74, 6) is 0.473. The maximum atomic E-state index is 4.66. The highest BCUT2D eigenvalue weighted by Gasteiger charge is 2.35. The normalized spacial score (nSPS) is 24.1. The molecule has 1 aromatic carbocycles. The van der Waals surface area contributed by atoms with E-state index in [4.69, 9.17) is 0 Å². The molecule has 0 spiro atoms. The molecule has 0 bridgehead atoms. The second-order valence-corrected chi connectivity index (χ2v) is 5.54. The van der Waals surface area contributed by atoms with Crippen LogP contribution in [0.4, 0.5) is 0 Å². The predicted molar refractivity (Wildman–Crippen MR) is 79.5 cm³/mol. The lowest BCUT2D eigenvalue weighted by atomic mass is 9.86. The first-order chi connectivity index (χ1) is 9.93. The summed E-state index contributed by atoms with van der Waals surface area (Å²) in [7, 11) is 0. The Hall–Kier alpha value is -2.16. The first-order valence-corrected chi connectivity index (χ1v) is 7.25. The molecule has 3 heteroatoms. The summed E-state index contributed by atoms with van der Waals surface area (Å²) in [6.45, 7) is 0. The van der Waals surface area contributed by atoms with Gasteiger partial charge >= 0.3 is 0 Å². The van der Waals surface area contributed by atoms with Gasteiger partial charge in [-0.25, -0.2) is 0 Å². The van der Waals surface area contributed by atoms with Crippen LogP contribution in [0.5, 0.6) is 0 Å². The number of hydrazone groups is 1. The van der Waals surface area contributed by atoms with Crippen molar-refractivity contribution >= 4 is 5.71 Å². The highest BCUT2D eigenvalue weighted by molar-refractivity contribution is 6.05. The highest BCUT2D eigenvalue weighted by Crippen LogP contribution is 2.36. The Morgan fingerprint density at radius 3 is 2.80 bits per heavy atom. The van der Waals surface area contributed by atoms with E-state index in [9.17, 15) is 0 Å². The van der Waals surface area contributed by atoms with Crippen LogP contribution >= 0.6 is 0 Å². The number of aryl methyl sites for hydroxylation is 1. The molecule has 0 fully saturated rings. The molecule has 2 unspecified atom stereocenters. The number of hydrogen-bond acceptors (Lipinski definition) is 3. The average Bonchev–Trinajstić information content (AvgIpc) is 2.84. The van der Waals surface area contributed by atoms with Crippen LogP contribution in [0.1, 0.15) is 35.6 Å². The van der Waals surface area contributed by atoms with Crippen LogP contribution in [0.25, 0.3) is 0 Å². The average molecular weight is 263 g/mol. The molecular weight excluding hydrogens is 246 g/mol. The highest BCUT2D eigenvalue weighted by atomic mass is 15.3. The summed E-state index contributed by atoms with van der Waals surface area (Å²) in [6, 6.07) is 13.2. The number of nitrogens with zero attached hydrogens (tertiary/aromatic N) is 2. The summed E-state index contributed by atoms with van der Waals surface area (Å²) in [4.78, 5) is 4.11. The molecule has 2 heterocycles. The van der Waals surface area contributed by atoms with Gasteiger partial charge in [0.2, 0.25) is 0 Å². The van der Waals surface area contributed by atoms with Gasteiger partial charge in [-0.2, -0.15) is 5.10 Å². The van der Waals surface area contributed by atoms with Crippen molar-refractivity contribution < 1.29 is 0 Å². The lowest BCUT2D eigenvalue weighted by molar-refractivity contribution is 0.463. The zero-order valence-electron chi connectivity index (χ0n) is 11.3. The maximum Gasteiger partial charge on any atom is 0.0775 e. The van der Waals surface area contributed by atoms with E-state index < -0.39 is 0 Å². The topological polar surface area (TPSA) is 37.3 Å². The lowest BCUT2D eigenvalue weighted by Crippen LogP contribution is -2.21. The summed E-state index contributed by atoms with van der Waals surface area (Å²) < 4.78 is 0. The van der Waals surface area contributed by atoms with E-state index in [1.54, 1.807) is 0 Å². The van der Waals surface area contributed by atoms with Gasteiger partial charge in [-0.15, -0.1) is 0 Å². The van der Waals surface area contributed by atoms with Crippen LogP contribution in [-0.2, 0) is 6.42 Å². The van der Waals surface area contributed by atoms with Crippen molar-refractivity contribution in [3.63, 3.8) is 0 Å². The molecule has 0 saturated carbocycles. The Bertz CT molecular complexity index is 648. The van der Waals surface area contributed by atoms with Crippen LogP contribution in [0.3, 0.4) is 0 Å². The van der Waals surface area contributed by atoms with Gasteiger partial charge < -0.3 is 5.43 Å². The van der Waals surface area contributed by atoms with Gasteiger partial charge in [0.05, 0.1) is 11.8 Å². The van der Waals surface area contributed by atoms with Crippen LogP contribution in [0.2, 0.25) is 0 Å². The fourth-order valence-electron chi connectivity index (χ4n) is 3.41. The number of hydrogen-bond donors (Lipinski definition) is 1. The molecule has 1 N–H and O–H groups in total. The van der Waals surface area contributed by atoms with E-state index in [1.807, 2.05) is 12.4 Å². The first-order valence-electron chi connectivity index (χ1n) is 7.25. The lowest BCUT2D eigenvalue weighted by Gasteiger charge is -2.19. The van der Waals surface area contributed by atoms with Gasteiger partial charge in [0.15, 0.2) is 0 Å². The smallest absolute Gasteiger partial charge is 0.0775 e. The van der Waals surface area contributed by atoms with Crippen LogP contribution < -0.4 is 5.43 Å². The predicted octanol–water partition coefficient (Wildman–Crippen LogP) is 3.08. The Morgan fingerprint density at radius 1 is 1.05 bits per heavy atom. The fourth-order valence-corrected chi connectivity index (χ4v) is 3.41. The Kier molecular flexibility index (Phi) is 2.76. The molecule has 0 amide bonds. The monoisotopic (exact) mass is 263 g/mol. The van der Waals surface area contributed by atoms with Gasteiger partial charge in [0.25, 0.3) is 0 Å². The molecule has 2 aliphatic rings. The van der Waals surface area contributed by atoms with Crippen LogP contribution in [0, 0.1) is 5.92 Å². The SMILES string of the molecule is c1ccc2c(c1)CCCC1C2=NNC1c1ccncc1. The quantitative estimate of drug-likeness (QED) is 0.858. The van der Waals surface area contributed by atoms with Gasteiger partial charge in [0, 0.05) is 23.9 Å². The van der Waals surface area contributed by atoms with Crippen molar-refractivity contribution in [2.75, 3.05) is 0 Å². The van der Waals surface area contributed by atoms with Gasteiger partial charge in [-0.1, -0.05) is 24.3 Å². The Morgan fingerprint density at radius 2 is 1.90 bits per heavy atom. The number of benzene rings is 1. The number of aromatic nitrogens is 1. The maximum absolute atomic E-state index is 4.66. The molecule has 1 aromatic heterocycles. The molecule has 3 nitrogen and oxygen atoms in total. The van der Waals surface area contributed by atoms with E-state index in [2.05, 4.69) is 51.9 Å². The minimum Gasteiger partial charge on any atom is -0.302 e. The van der Waals surface area contributed by atoms with E-state index in [0.717, 1.165) is 6.42 Å². The van der Waals surface area contributed by atoms with Crippen molar-refractivity contribution in [1.82, 2.24) is 10.4 Å². The minimum absolute atomic E-state index is 0.291. The second-order valence-electron chi connectivity index (χ2n) is 5.54. The minimum atomic E-state index is 0.291. The van der Waals surface area contributed by atoms with Gasteiger partial charge in [-0.05, 0) is 42.5 Å². The summed E-state index contributed by atoms with van der Waals surface area (Å²) in [5.41, 5.74) is 8.63. The van der Waals surface area contributed by atoms with Gasteiger partial charge in [0.1, 0.15) is 0 Å². The first kappa shape index (κ1) is 11.6. The van der Waals surface area contributed by atoms with E-state index in [0.29, 0.717) is 12.0 Å². The van der Waals surface area contributed by atoms with E-state index in [-0.39, 0.29) is 0 Å². The third-order valence-corrected chi connectivity index (χ3v) is 4.40. The molecule has 2 atom stereocenters. The Labute approximate surface area is 118 Å². The standard InChI is InChI=1S/C17H17N3/c1-2-6-14-12(4-1)5-3-7-15-16(19-20-17(14)15)13-8-10-18-11-9-13/h1-2,4,6,8-11,15-16,19H,3,5,7H2. The van der Waals surface area contributed by atoms with Crippen molar-refractivity contribution in [3.8, 4) is 0 Å².